The summed E-state index contributed by atoms with van der Waals surface area (Å²) in [5.74, 6) is 0. The molecule has 9 rings (SSSR count). The van der Waals surface area contributed by atoms with Gasteiger partial charge in [0.05, 0.1) is 11.0 Å². The Balaban J connectivity index is 1.34. The second-order valence-corrected chi connectivity index (χ2v) is 12.0. The minimum Gasteiger partial charge on any atom is -0.309 e. The van der Waals surface area contributed by atoms with E-state index >= 15 is 0 Å². The zero-order chi connectivity index (χ0) is 27.6. The summed E-state index contributed by atoms with van der Waals surface area (Å²) in [4.78, 5) is 0. The van der Waals surface area contributed by atoms with Crippen LogP contribution in [0.4, 0.5) is 0 Å². The minimum absolute atomic E-state index is 1.18. The van der Waals surface area contributed by atoms with E-state index in [9.17, 15) is 0 Å². The summed E-state index contributed by atoms with van der Waals surface area (Å²) in [6, 6.07) is 55.4. The Labute approximate surface area is 247 Å². The molecule has 0 unspecified atom stereocenters. The number of thiophene rings is 1. The number of hydrogen-bond donors (Lipinski definition) is 0. The third-order valence-corrected chi connectivity index (χ3v) is 9.82. The molecule has 2 heteroatoms. The number of rotatable bonds is 3. The fourth-order valence-electron chi connectivity index (χ4n) is 6.67. The highest BCUT2D eigenvalue weighted by molar-refractivity contribution is 7.26. The van der Waals surface area contributed by atoms with E-state index in [2.05, 4.69) is 156 Å². The zero-order valence-corrected chi connectivity index (χ0v) is 23.6. The van der Waals surface area contributed by atoms with Crippen LogP contribution in [0.25, 0.3) is 80.7 Å². The third-order valence-electron chi connectivity index (χ3n) is 8.60. The van der Waals surface area contributed by atoms with E-state index < -0.39 is 0 Å². The highest BCUT2D eigenvalue weighted by Crippen LogP contribution is 2.42. The molecule has 0 saturated carbocycles. The van der Waals surface area contributed by atoms with Gasteiger partial charge in [-0.05, 0) is 75.5 Å². The fourth-order valence-corrected chi connectivity index (χ4v) is 7.90. The van der Waals surface area contributed by atoms with Crippen molar-refractivity contribution >= 4 is 64.1 Å². The number of hydrogen-bond acceptors (Lipinski definition) is 1. The van der Waals surface area contributed by atoms with E-state index in [1.54, 1.807) is 0 Å². The van der Waals surface area contributed by atoms with Crippen LogP contribution in [0.5, 0.6) is 0 Å². The molecule has 2 heterocycles. The standard InChI is InChI=1S/C40H25NS/c1-2-12-29(13-3-1)41-37-22-20-27(31-16-8-11-26-10-4-5-14-30(26)31)24-35(37)36-25-28(21-23-38(36)41)32-17-9-18-34-33-15-6-7-19-39(33)42-40(32)34/h1-25H. The largest absolute Gasteiger partial charge is 0.309 e. The van der Waals surface area contributed by atoms with Crippen LogP contribution in [0, 0.1) is 0 Å². The molecule has 0 aliphatic rings. The number of aromatic nitrogens is 1. The van der Waals surface area contributed by atoms with Crippen LogP contribution in [-0.2, 0) is 0 Å². The molecule has 0 atom stereocenters. The molecule has 0 spiro atoms. The monoisotopic (exact) mass is 551 g/mol. The summed E-state index contributed by atoms with van der Waals surface area (Å²) >= 11 is 1.89. The quantitative estimate of drug-likeness (QED) is 0.206. The lowest BCUT2D eigenvalue weighted by molar-refractivity contribution is 1.18. The second-order valence-electron chi connectivity index (χ2n) is 10.9. The van der Waals surface area contributed by atoms with Crippen LogP contribution < -0.4 is 0 Å². The SMILES string of the molecule is c1ccc(-n2c3ccc(-c4cccc5ccccc45)cc3c3cc(-c4cccc5c4sc4ccccc45)ccc32)cc1. The van der Waals surface area contributed by atoms with Gasteiger partial charge in [-0.25, -0.2) is 0 Å². The number of benzene rings is 7. The molecular formula is C40H25NS. The van der Waals surface area contributed by atoms with E-state index in [1.807, 2.05) is 11.3 Å². The summed E-state index contributed by atoms with van der Waals surface area (Å²) in [5.41, 5.74) is 8.67. The average Bonchev–Trinajstić information content (AvgIpc) is 3.60. The van der Waals surface area contributed by atoms with Gasteiger partial charge in [0.25, 0.3) is 0 Å². The Kier molecular flexibility index (Phi) is 5.13. The maximum absolute atomic E-state index is 2.41. The van der Waals surface area contributed by atoms with Crippen molar-refractivity contribution in [3.8, 4) is 27.9 Å². The lowest BCUT2D eigenvalue weighted by Crippen LogP contribution is -1.93. The maximum Gasteiger partial charge on any atom is 0.0541 e. The molecular weight excluding hydrogens is 527 g/mol. The van der Waals surface area contributed by atoms with Gasteiger partial charge in [0, 0.05) is 36.6 Å². The highest BCUT2D eigenvalue weighted by atomic mass is 32.1. The summed E-state index contributed by atoms with van der Waals surface area (Å²) in [6.07, 6.45) is 0. The van der Waals surface area contributed by atoms with Gasteiger partial charge in [-0.1, -0.05) is 109 Å². The summed E-state index contributed by atoms with van der Waals surface area (Å²) in [6.45, 7) is 0. The highest BCUT2D eigenvalue weighted by Gasteiger charge is 2.16. The summed E-state index contributed by atoms with van der Waals surface area (Å²) in [7, 11) is 0. The molecule has 2 aromatic heterocycles. The molecule has 0 fully saturated rings. The van der Waals surface area contributed by atoms with E-state index in [1.165, 1.54) is 80.7 Å². The molecule has 0 amide bonds. The molecule has 42 heavy (non-hydrogen) atoms. The van der Waals surface area contributed by atoms with Gasteiger partial charge < -0.3 is 4.57 Å². The first-order valence-corrected chi connectivity index (χ1v) is 15.2. The van der Waals surface area contributed by atoms with Crippen LogP contribution in [-0.4, -0.2) is 4.57 Å². The Morgan fingerprint density at radius 1 is 0.405 bits per heavy atom. The van der Waals surface area contributed by atoms with Crippen LogP contribution in [0.3, 0.4) is 0 Å². The fraction of sp³-hybridized carbons (Fsp3) is 0. The van der Waals surface area contributed by atoms with E-state index in [0.717, 1.165) is 0 Å². The molecule has 9 aromatic rings. The van der Waals surface area contributed by atoms with Crippen molar-refractivity contribution in [2.45, 2.75) is 0 Å². The van der Waals surface area contributed by atoms with E-state index in [-0.39, 0.29) is 0 Å². The van der Waals surface area contributed by atoms with Gasteiger partial charge in [0.2, 0.25) is 0 Å². The van der Waals surface area contributed by atoms with Crippen molar-refractivity contribution in [1.29, 1.82) is 0 Å². The molecule has 0 bridgehead atoms. The third kappa shape index (κ3) is 3.49. The molecule has 0 saturated heterocycles. The molecule has 0 N–H and O–H groups in total. The predicted molar refractivity (Wildman–Crippen MR) is 182 cm³/mol. The molecule has 0 radical (unpaired) electrons. The topological polar surface area (TPSA) is 4.93 Å². The van der Waals surface area contributed by atoms with Crippen LogP contribution in [0.1, 0.15) is 0 Å². The molecule has 0 aliphatic heterocycles. The normalized spacial score (nSPS) is 11.8. The van der Waals surface area contributed by atoms with Gasteiger partial charge in [-0.15, -0.1) is 11.3 Å². The second kappa shape index (κ2) is 9.17. The lowest BCUT2D eigenvalue weighted by Gasteiger charge is -2.09. The van der Waals surface area contributed by atoms with Gasteiger partial charge in [-0.2, -0.15) is 0 Å². The first kappa shape index (κ1) is 23.5. The Bertz CT molecular complexity index is 2460. The van der Waals surface area contributed by atoms with Crippen molar-refractivity contribution < 1.29 is 0 Å². The summed E-state index contributed by atoms with van der Waals surface area (Å²) < 4.78 is 5.09. The van der Waals surface area contributed by atoms with Crippen molar-refractivity contribution in [2.75, 3.05) is 0 Å². The Morgan fingerprint density at radius 2 is 1.00 bits per heavy atom. The predicted octanol–water partition coefficient (Wildman–Crippen LogP) is 11.6. The molecule has 1 nitrogen and oxygen atoms in total. The van der Waals surface area contributed by atoms with E-state index in [4.69, 9.17) is 0 Å². The average molecular weight is 552 g/mol. The van der Waals surface area contributed by atoms with Crippen LogP contribution >= 0.6 is 11.3 Å². The van der Waals surface area contributed by atoms with E-state index in [0.29, 0.717) is 0 Å². The smallest absolute Gasteiger partial charge is 0.0541 e. The summed E-state index contributed by atoms with van der Waals surface area (Å²) in [5, 5.41) is 7.75. The van der Waals surface area contributed by atoms with Gasteiger partial charge in [0.15, 0.2) is 0 Å². The Hall–Kier alpha value is -5.18. The minimum atomic E-state index is 1.18. The number of fused-ring (bicyclic) bond motifs is 7. The van der Waals surface area contributed by atoms with Crippen molar-refractivity contribution in [3.63, 3.8) is 0 Å². The van der Waals surface area contributed by atoms with Crippen LogP contribution in [0.15, 0.2) is 152 Å². The maximum atomic E-state index is 2.41. The van der Waals surface area contributed by atoms with Crippen molar-refractivity contribution in [2.24, 2.45) is 0 Å². The first-order chi connectivity index (χ1) is 20.8. The lowest BCUT2D eigenvalue weighted by atomic mass is 9.96. The first-order valence-electron chi connectivity index (χ1n) is 14.4. The molecule has 0 aliphatic carbocycles. The molecule has 7 aromatic carbocycles. The van der Waals surface area contributed by atoms with Crippen molar-refractivity contribution in [1.82, 2.24) is 4.57 Å². The number of nitrogens with zero attached hydrogens (tertiary/aromatic N) is 1. The van der Waals surface area contributed by atoms with Crippen LogP contribution in [0.2, 0.25) is 0 Å². The Morgan fingerprint density at radius 3 is 1.81 bits per heavy atom. The van der Waals surface area contributed by atoms with Gasteiger partial charge >= 0.3 is 0 Å². The molecule has 196 valence electrons. The van der Waals surface area contributed by atoms with Gasteiger partial charge in [0.1, 0.15) is 0 Å². The van der Waals surface area contributed by atoms with Crippen molar-refractivity contribution in [3.05, 3.63) is 152 Å². The van der Waals surface area contributed by atoms with Gasteiger partial charge in [-0.3, -0.25) is 0 Å². The number of para-hydroxylation sites is 1. The zero-order valence-electron chi connectivity index (χ0n) is 22.8.